The van der Waals surface area contributed by atoms with E-state index in [2.05, 4.69) is 64.7 Å². The summed E-state index contributed by atoms with van der Waals surface area (Å²) in [6.45, 7) is 4.33. The van der Waals surface area contributed by atoms with Crippen LogP contribution in [0.3, 0.4) is 0 Å². The van der Waals surface area contributed by atoms with E-state index in [0.29, 0.717) is 6.61 Å². The van der Waals surface area contributed by atoms with Crippen molar-refractivity contribution in [2.45, 2.75) is 44.9 Å². The molecule has 1 aliphatic rings. The van der Waals surface area contributed by atoms with Gasteiger partial charge in [0.15, 0.2) is 0 Å². The lowest BCUT2D eigenvalue weighted by molar-refractivity contribution is 0.124. The largest absolute Gasteiger partial charge is 0.396 e. The van der Waals surface area contributed by atoms with E-state index in [1.54, 1.807) is 0 Å². The van der Waals surface area contributed by atoms with Crippen molar-refractivity contribution >= 4 is 5.71 Å². The van der Waals surface area contributed by atoms with Crippen LogP contribution in [0.4, 0.5) is 0 Å². The van der Waals surface area contributed by atoms with E-state index in [0.717, 1.165) is 37.9 Å². The van der Waals surface area contributed by atoms with Gasteiger partial charge in [0.2, 0.25) is 0 Å². The monoisotopic (exact) mass is 364 g/mol. The van der Waals surface area contributed by atoms with Crippen molar-refractivity contribution < 1.29 is 4.84 Å². The van der Waals surface area contributed by atoms with Crippen molar-refractivity contribution in [1.82, 2.24) is 4.90 Å². The highest BCUT2D eigenvalue weighted by atomic mass is 16.6. The Balaban J connectivity index is 1.46. The van der Waals surface area contributed by atoms with Crippen LogP contribution < -0.4 is 0 Å². The first kappa shape index (κ1) is 19.6. The summed E-state index contributed by atoms with van der Waals surface area (Å²) >= 11 is 0. The van der Waals surface area contributed by atoms with Crippen LogP contribution in [0.2, 0.25) is 0 Å². The fourth-order valence-electron chi connectivity index (χ4n) is 3.64. The highest BCUT2D eigenvalue weighted by Gasteiger charge is 2.09. The maximum Gasteiger partial charge on any atom is 0.118 e. The van der Waals surface area contributed by atoms with Gasteiger partial charge in [0.05, 0.1) is 5.71 Å². The molecule has 27 heavy (non-hydrogen) atoms. The van der Waals surface area contributed by atoms with Gasteiger partial charge in [-0.05, 0) is 62.7 Å². The Morgan fingerprint density at radius 3 is 2.30 bits per heavy atom. The number of piperidine rings is 1. The van der Waals surface area contributed by atoms with E-state index in [1.165, 1.54) is 43.5 Å². The number of oxime groups is 1. The SMILES string of the molecule is c1ccc(CCCC(=NOCCCN2CCCCC2)c2ccccc2)cc1. The molecule has 3 rings (SSSR count). The number of likely N-dealkylation sites (tertiary alicyclic amines) is 1. The number of hydrogen-bond donors (Lipinski definition) is 0. The van der Waals surface area contributed by atoms with Crippen molar-refractivity contribution in [2.24, 2.45) is 5.16 Å². The first-order valence-corrected chi connectivity index (χ1v) is 10.4. The summed E-state index contributed by atoms with van der Waals surface area (Å²) in [4.78, 5) is 8.26. The summed E-state index contributed by atoms with van der Waals surface area (Å²) in [6, 6.07) is 21.1. The van der Waals surface area contributed by atoms with E-state index >= 15 is 0 Å². The minimum absolute atomic E-state index is 0.700. The molecule has 0 saturated carbocycles. The number of hydrogen-bond acceptors (Lipinski definition) is 3. The molecule has 0 amide bonds. The molecule has 3 nitrogen and oxygen atoms in total. The highest BCUT2D eigenvalue weighted by molar-refractivity contribution is 6.00. The van der Waals surface area contributed by atoms with Crippen LogP contribution in [0, 0.1) is 0 Å². The van der Waals surface area contributed by atoms with Crippen LogP contribution in [0.15, 0.2) is 65.8 Å². The second kappa shape index (κ2) is 11.6. The third-order valence-corrected chi connectivity index (χ3v) is 5.16. The van der Waals surface area contributed by atoms with Crippen LogP contribution >= 0.6 is 0 Å². The Morgan fingerprint density at radius 2 is 1.56 bits per heavy atom. The molecular weight excluding hydrogens is 332 g/mol. The molecule has 0 aliphatic carbocycles. The Bertz CT molecular complexity index is 663. The van der Waals surface area contributed by atoms with Gasteiger partial charge < -0.3 is 9.74 Å². The molecule has 1 heterocycles. The molecule has 2 aromatic carbocycles. The molecule has 0 spiro atoms. The fourth-order valence-corrected chi connectivity index (χ4v) is 3.64. The number of rotatable bonds is 10. The van der Waals surface area contributed by atoms with E-state index in [4.69, 9.17) is 4.84 Å². The summed E-state index contributed by atoms with van der Waals surface area (Å²) in [7, 11) is 0. The van der Waals surface area contributed by atoms with Gasteiger partial charge in [-0.25, -0.2) is 0 Å². The molecule has 0 unspecified atom stereocenters. The maximum atomic E-state index is 5.71. The second-order valence-corrected chi connectivity index (χ2v) is 7.33. The summed E-state index contributed by atoms with van der Waals surface area (Å²) in [5.74, 6) is 0. The van der Waals surface area contributed by atoms with Crippen molar-refractivity contribution in [3.05, 3.63) is 71.8 Å². The standard InChI is InChI=1S/C24H32N2O/c1-4-12-22(13-5-1)14-10-17-24(23-15-6-2-7-16-23)25-27-21-11-20-26-18-8-3-9-19-26/h1-2,4-7,12-13,15-16H,3,8-11,14,17-21H2. The van der Waals surface area contributed by atoms with Crippen molar-refractivity contribution in [1.29, 1.82) is 0 Å². The van der Waals surface area contributed by atoms with Gasteiger partial charge in [0, 0.05) is 6.54 Å². The minimum atomic E-state index is 0.700. The molecule has 0 bridgehead atoms. The number of nitrogens with zero attached hydrogens (tertiary/aromatic N) is 2. The zero-order valence-electron chi connectivity index (χ0n) is 16.4. The quantitative estimate of drug-likeness (QED) is 0.324. The molecule has 1 aliphatic heterocycles. The van der Waals surface area contributed by atoms with Gasteiger partial charge in [0.25, 0.3) is 0 Å². The Morgan fingerprint density at radius 1 is 0.852 bits per heavy atom. The van der Waals surface area contributed by atoms with Gasteiger partial charge in [-0.1, -0.05) is 72.2 Å². The molecule has 0 radical (unpaired) electrons. The Kier molecular flexibility index (Phi) is 8.40. The van der Waals surface area contributed by atoms with Crippen LogP contribution in [-0.2, 0) is 11.3 Å². The average molecular weight is 365 g/mol. The van der Waals surface area contributed by atoms with Gasteiger partial charge in [-0.15, -0.1) is 0 Å². The lowest BCUT2D eigenvalue weighted by Crippen LogP contribution is -2.31. The summed E-state index contributed by atoms with van der Waals surface area (Å²) < 4.78 is 0. The lowest BCUT2D eigenvalue weighted by atomic mass is 10.0. The molecule has 1 fully saturated rings. The predicted molar refractivity (Wildman–Crippen MR) is 113 cm³/mol. The Hall–Kier alpha value is -2.13. The molecule has 2 aromatic rings. The van der Waals surface area contributed by atoms with E-state index in [1.807, 2.05) is 6.07 Å². The summed E-state index contributed by atoms with van der Waals surface area (Å²) in [5.41, 5.74) is 3.61. The molecule has 1 saturated heterocycles. The fraction of sp³-hybridized carbons (Fsp3) is 0.458. The average Bonchev–Trinajstić information content (AvgIpc) is 2.74. The second-order valence-electron chi connectivity index (χ2n) is 7.33. The Labute approximate surface area is 164 Å². The molecular formula is C24H32N2O. The molecule has 0 N–H and O–H groups in total. The van der Waals surface area contributed by atoms with E-state index in [9.17, 15) is 0 Å². The minimum Gasteiger partial charge on any atom is -0.396 e. The molecule has 3 heteroatoms. The predicted octanol–water partition coefficient (Wildman–Crippen LogP) is 5.31. The van der Waals surface area contributed by atoms with Crippen molar-refractivity contribution in [3.63, 3.8) is 0 Å². The summed E-state index contributed by atoms with van der Waals surface area (Å²) in [5, 5.41) is 4.51. The molecule has 144 valence electrons. The zero-order chi connectivity index (χ0) is 18.6. The first-order valence-electron chi connectivity index (χ1n) is 10.4. The third kappa shape index (κ3) is 7.18. The molecule has 0 aromatic heterocycles. The molecule has 0 atom stereocenters. The lowest BCUT2D eigenvalue weighted by Gasteiger charge is -2.25. The highest BCUT2D eigenvalue weighted by Crippen LogP contribution is 2.12. The topological polar surface area (TPSA) is 24.8 Å². The maximum absolute atomic E-state index is 5.71. The van der Waals surface area contributed by atoms with Gasteiger partial charge in [-0.2, -0.15) is 0 Å². The van der Waals surface area contributed by atoms with Crippen LogP contribution in [-0.4, -0.2) is 36.9 Å². The van der Waals surface area contributed by atoms with Gasteiger partial charge in [0.1, 0.15) is 6.61 Å². The van der Waals surface area contributed by atoms with Gasteiger partial charge >= 0.3 is 0 Å². The smallest absolute Gasteiger partial charge is 0.118 e. The number of aryl methyl sites for hydroxylation is 1. The van der Waals surface area contributed by atoms with Crippen LogP contribution in [0.25, 0.3) is 0 Å². The zero-order valence-corrected chi connectivity index (χ0v) is 16.4. The van der Waals surface area contributed by atoms with Crippen molar-refractivity contribution in [3.8, 4) is 0 Å². The van der Waals surface area contributed by atoms with Crippen LogP contribution in [0.5, 0.6) is 0 Å². The third-order valence-electron chi connectivity index (χ3n) is 5.16. The van der Waals surface area contributed by atoms with Crippen molar-refractivity contribution in [2.75, 3.05) is 26.2 Å². The normalized spacial score (nSPS) is 15.6. The van der Waals surface area contributed by atoms with E-state index < -0.39 is 0 Å². The summed E-state index contributed by atoms with van der Waals surface area (Å²) in [6.07, 6.45) is 8.22. The van der Waals surface area contributed by atoms with Gasteiger partial charge in [-0.3, -0.25) is 0 Å². The van der Waals surface area contributed by atoms with Crippen LogP contribution in [0.1, 0.15) is 49.7 Å². The number of benzene rings is 2. The first-order chi connectivity index (χ1) is 13.4. The van der Waals surface area contributed by atoms with E-state index in [-0.39, 0.29) is 0 Å².